The molecule has 3 unspecified atom stereocenters. The van der Waals surface area contributed by atoms with Crippen LogP contribution < -0.4 is 0 Å². The van der Waals surface area contributed by atoms with Gasteiger partial charge < -0.3 is 24.2 Å². The zero-order chi connectivity index (χ0) is 52.7. The molecule has 3 atom stereocenters. The van der Waals surface area contributed by atoms with Crippen molar-refractivity contribution >= 4 is 25.7 Å². The number of esters is 3. The highest BCUT2D eigenvalue weighted by atomic mass is 31.2. The molecule has 0 aromatic rings. The van der Waals surface area contributed by atoms with Crippen LogP contribution in [0.3, 0.4) is 0 Å². The predicted octanol–water partition coefficient (Wildman–Crippen LogP) is 16.5. The van der Waals surface area contributed by atoms with E-state index in [9.17, 15) is 28.9 Å². The lowest BCUT2D eigenvalue weighted by molar-refractivity contribution is -0.161. The number of hydrogen-bond acceptors (Lipinski definition) is 10. The minimum Gasteiger partial charge on any atom is -0.462 e. The lowest BCUT2D eigenvalue weighted by Crippen LogP contribution is -2.30. The molecule has 0 radical (unpaired) electrons. The molecule has 0 aliphatic rings. The highest BCUT2D eigenvalue weighted by Crippen LogP contribution is 2.43. The summed E-state index contributed by atoms with van der Waals surface area (Å²) in [7, 11) is -4.76. The van der Waals surface area contributed by atoms with E-state index >= 15 is 0 Å². The number of carbonyl (C=O) groups is 3. The van der Waals surface area contributed by atoms with E-state index in [0.717, 1.165) is 141 Å². The third-order valence-corrected chi connectivity index (χ3v) is 12.4. The number of phosphoric ester groups is 1. The Balaban J connectivity index is 4.80. The van der Waals surface area contributed by atoms with Gasteiger partial charge in [0, 0.05) is 19.3 Å². The van der Waals surface area contributed by atoms with Crippen LogP contribution in [-0.2, 0) is 42.2 Å². The van der Waals surface area contributed by atoms with E-state index in [4.69, 9.17) is 23.3 Å². The molecule has 0 rings (SSSR count). The summed E-state index contributed by atoms with van der Waals surface area (Å²) in [6.07, 6.45) is 62.2. The maximum Gasteiger partial charge on any atom is 0.472 e. The first kappa shape index (κ1) is 68.4. The molecule has 0 aliphatic heterocycles. The smallest absolute Gasteiger partial charge is 0.462 e. The van der Waals surface area contributed by atoms with Crippen LogP contribution in [0.25, 0.3) is 0 Å². The molecule has 11 nitrogen and oxygen atoms in total. The van der Waals surface area contributed by atoms with Crippen molar-refractivity contribution in [1.82, 2.24) is 0 Å². The van der Waals surface area contributed by atoms with Gasteiger partial charge in [-0.3, -0.25) is 23.4 Å². The lowest BCUT2D eigenvalue weighted by Gasteiger charge is -2.21. The molecule has 2 N–H and O–H groups in total. The summed E-state index contributed by atoms with van der Waals surface area (Å²) in [5.74, 6) is -1.53. The second kappa shape index (κ2) is 53.7. The number of allylic oxidation sites excluding steroid dienone is 16. The van der Waals surface area contributed by atoms with Gasteiger partial charge in [0.2, 0.25) is 0 Å². The molecule has 0 aliphatic carbocycles. The second-order valence-corrected chi connectivity index (χ2v) is 19.8. The number of hydrogen-bond donors (Lipinski definition) is 2. The minimum atomic E-state index is -4.76. The van der Waals surface area contributed by atoms with Crippen molar-refractivity contribution in [2.24, 2.45) is 0 Å². The van der Waals surface area contributed by atoms with Crippen LogP contribution in [0.5, 0.6) is 0 Å². The summed E-state index contributed by atoms with van der Waals surface area (Å²) in [6.45, 7) is 4.36. The summed E-state index contributed by atoms with van der Waals surface area (Å²) >= 11 is 0. The quantitative estimate of drug-likeness (QED) is 0.0197. The van der Waals surface area contributed by atoms with Crippen LogP contribution in [0.15, 0.2) is 97.2 Å². The zero-order valence-corrected chi connectivity index (χ0v) is 46.3. The lowest BCUT2D eigenvalue weighted by atomic mass is 10.1. The van der Waals surface area contributed by atoms with Gasteiger partial charge in [-0.25, -0.2) is 4.57 Å². The van der Waals surface area contributed by atoms with Crippen LogP contribution in [0, 0.1) is 0 Å². The Labute approximate surface area is 438 Å². The van der Waals surface area contributed by atoms with E-state index in [2.05, 4.69) is 118 Å². The fraction of sp³-hybridized carbons (Fsp3) is 0.683. The van der Waals surface area contributed by atoms with E-state index < -0.39 is 57.8 Å². The summed E-state index contributed by atoms with van der Waals surface area (Å²) in [4.78, 5) is 48.5. The summed E-state index contributed by atoms with van der Waals surface area (Å²) in [5, 5.41) is 9.79. The van der Waals surface area contributed by atoms with Gasteiger partial charge in [-0.15, -0.1) is 0 Å². The molecule has 0 bridgehead atoms. The number of ether oxygens (including phenoxy) is 3. The van der Waals surface area contributed by atoms with Crippen LogP contribution in [-0.4, -0.2) is 66.5 Å². The van der Waals surface area contributed by atoms with Gasteiger partial charge in [0.25, 0.3) is 0 Å². The first-order valence-corrected chi connectivity index (χ1v) is 29.6. The molecule has 0 amide bonds. The molecule has 0 aromatic heterocycles. The van der Waals surface area contributed by atoms with Crippen molar-refractivity contribution in [3.8, 4) is 0 Å². The van der Waals surface area contributed by atoms with Crippen molar-refractivity contribution in [3.63, 3.8) is 0 Å². The Morgan fingerprint density at radius 1 is 0.403 bits per heavy atom. The van der Waals surface area contributed by atoms with Crippen molar-refractivity contribution in [3.05, 3.63) is 97.2 Å². The molecule has 0 heterocycles. The number of phosphoric acid groups is 1. The van der Waals surface area contributed by atoms with Crippen molar-refractivity contribution in [1.29, 1.82) is 0 Å². The van der Waals surface area contributed by atoms with Gasteiger partial charge in [-0.2, -0.15) is 0 Å². The average molecular weight is 1030 g/mol. The molecule has 12 heteroatoms. The van der Waals surface area contributed by atoms with Gasteiger partial charge in [0.15, 0.2) is 6.10 Å². The molecular formula is C60H101O11P. The molecule has 72 heavy (non-hydrogen) atoms. The van der Waals surface area contributed by atoms with Crippen LogP contribution in [0.2, 0.25) is 0 Å². The third kappa shape index (κ3) is 51.3. The number of aliphatic hydroxyl groups is 1. The Hall–Kier alpha value is -3.60. The fourth-order valence-corrected chi connectivity index (χ4v) is 7.96. The second-order valence-electron chi connectivity index (χ2n) is 18.4. The third-order valence-electron chi connectivity index (χ3n) is 11.4. The summed E-state index contributed by atoms with van der Waals surface area (Å²) in [6, 6.07) is 0. The standard InChI is InChI=1S/C60H101O11P/c1-4-7-10-13-16-19-22-25-26-27-28-29-30-33-36-39-42-45-48-51-60(64)71-57(53-67-58(62)49-46-43-40-37-34-31-23-20-17-14-11-8-5-2)55-69-72(65,66)68-54-56(52-61)70-59(63)50-47-44-41-38-35-32-24-21-18-15-12-9-6-3/h9,11-12,14,16,18-21,23,25-26,28-29,32,35,56-57,61H,4-8,10,13,15,17,22,24,27,30-31,33-34,36-55H2,1-3H3,(H,65,66)/b12-9-,14-11-,19-16-,21-18-,23-20-,26-25-,29-28-,35-32-. The molecule has 0 aromatic carbocycles. The van der Waals surface area contributed by atoms with Gasteiger partial charge in [0.05, 0.1) is 19.8 Å². The number of carbonyl (C=O) groups excluding carboxylic acids is 3. The van der Waals surface area contributed by atoms with E-state index in [1.54, 1.807) is 0 Å². The van der Waals surface area contributed by atoms with E-state index in [1.807, 2.05) is 0 Å². The first-order valence-electron chi connectivity index (χ1n) is 28.1. The molecule has 0 spiro atoms. The van der Waals surface area contributed by atoms with E-state index in [0.29, 0.717) is 19.3 Å². The first-order chi connectivity index (χ1) is 35.2. The molecule has 0 saturated heterocycles. The van der Waals surface area contributed by atoms with Gasteiger partial charge in [-0.1, -0.05) is 189 Å². The number of unbranched alkanes of at least 4 members (excludes halogenated alkanes) is 18. The highest BCUT2D eigenvalue weighted by molar-refractivity contribution is 7.47. The normalized spacial score (nSPS) is 14.1. The van der Waals surface area contributed by atoms with Crippen LogP contribution >= 0.6 is 7.82 Å². The van der Waals surface area contributed by atoms with Crippen molar-refractivity contribution in [2.45, 2.75) is 238 Å². The molecule has 0 saturated carbocycles. The summed E-state index contributed by atoms with van der Waals surface area (Å²) < 4.78 is 39.4. The topological polar surface area (TPSA) is 155 Å². The van der Waals surface area contributed by atoms with Crippen molar-refractivity contribution < 1.29 is 52.2 Å². The maximum atomic E-state index is 12.9. The predicted molar refractivity (Wildman–Crippen MR) is 297 cm³/mol. The Morgan fingerprint density at radius 3 is 1.18 bits per heavy atom. The van der Waals surface area contributed by atoms with Crippen LogP contribution in [0.1, 0.15) is 226 Å². The zero-order valence-electron chi connectivity index (χ0n) is 45.4. The van der Waals surface area contributed by atoms with Gasteiger partial charge in [-0.05, 0) is 116 Å². The summed E-state index contributed by atoms with van der Waals surface area (Å²) in [5.41, 5.74) is 0. The Bertz CT molecular complexity index is 1580. The number of rotatable bonds is 51. The monoisotopic (exact) mass is 1030 g/mol. The Morgan fingerprint density at radius 2 is 0.750 bits per heavy atom. The SMILES string of the molecule is CC/C=C\C/C=C\C/C=C\CCCCCC(=O)OC(CO)COP(=O)(O)OCC(COC(=O)CCCCCCC/C=C\C/C=C\CCC)OC(=O)CCCCCCCC/C=C\C/C=C\C/C=C\CCCCC. The van der Waals surface area contributed by atoms with Gasteiger partial charge >= 0.3 is 25.7 Å². The Kier molecular flexibility index (Phi) is 51.0. The van der Waals surface area contributed by atoms with E-state index in [-0.39, 0.29) is 25.9 Å². The molecule has 0 fully saturated rings. The number of aliphatic hydroxyl groups excluding tert-OH is 1. The van der Waals surface area contributed by atoms with Crippen molar-refractivity contribution in [2.75, 3.05) is 26.4 Å². The van der Waals surface area contributed by atoms with Gasteiger partial charge in [0.1, 0.15) is 12.7 Å². The largest absolute Gasteiger partial charge is 0.472 e. The van der Waals surface area contributed by atoms with Crippen LogP contribution in [0.4, 0.5) is 0 Å². The molecule has 412 valence electrons. The maximum absolute atomic E-state index is 12.9. The minimum absolute atomic E-state index is 0.136. The van der Waals surface area contributed by atoms with E-state index in [1.165, 1.54) is 25.7 Å². The molecular weight excluding hydrogens is 928 g/mol. The highest BCUT2D eigenvalue weighted by Gasteiger charge is 2.28. The average Bonchev–Trinajstić information content (AvgIpc) is 3.37. The fourth-order valence-electron chi connectivity index (χ4n) is 7.18.